The quantitative estimate of drug-likeness (QED) is 0.702. The second-order valence-electron chi connectivity index (χ2n) is 3.31. The van der Waals surface area contributed by atoms with E-state index < -0.39 is 0 Å². The molecule has 0 amide bonds. The van der Waals surface area contributed by atoms with E-state index in [0.717, 1.165) is 6.42 Å². The fraction of sp³-hybridized carbons (Fsp3) is 0.333. The number of aryl methyl sites for hydroxylation is 1. The molecule has 1 aromatic carbocycles. The van der Waals surface area contributed by atoms with E-state index in [1.807, 2.05) is 6.92 Å². The molecule has 0 saturated heterocycles. The summed E-state index contributed by atoms with van der Waals surface area (Å²) in [5.41, 5.74) is 9.53. The van der Waals surface area contributed by atoms with Gasteiger partial charge in [-0.05, 0) is 25.8 Å². The van der Waals surface area contributed by atoms with Crippen LogP contribution in [0.15, 0.2) is 35.9 Å². The lowest BCUT2D eigenvalue weighted by Crippen LogP contribution is -2.05. The van der Waals surface area contributed by atoms with Gasteiger partial charge in [-0.1, -0.05) is 41.5 Å². The highest BCUT2D eigenvalue weighted by Crippen LogP contribution is 2.08. The highest BCUT2D eigenvalue weighted by atomic mass is 14.5. The van der Waals surface area contributed by atoms with Crippen LogP contribution in [0, 0.1) is 6.92 Å². The van der Waals surface area contributed by atoms with Gasteiger partial charge >= 0.3 is 0 Å². The van der Waals surface area contributed by atoms with Crippen LogP contribution in [0.3, 0.4) is 0 Å². The maximum atomic E-state index is 5.59. The van der Waals surface area contributed by atoms with Gasteiger partial charge in [-0.3, -0.25) is 0 Å². The van der Waals surface area contributed by atoms with Gasteiger partial charge in [0, 0.05) is 6.54 Å². The molecule has 70 valence electrons. The number of benzene rings is 1. The molecule has 0 unspecified atom stereocenters. The largest absolute Gasteiger partial charge is 0.327 e. The molecule has 0 fully saturated rings. The Morgan fingerprint density at radius 1 is 1.31 bits per heavy atom. The van der Waals surface area contributed by atoms with Crippen molar-refractivity contribution in [2.75, 3.05) is 6.54 Å². The van der Waals surface area contributed by atoms with Gasteiger partial charge in [0.2, 0.25) is 0 Å². The lowest BCUT2D eigenvalue weighted by Gasteiger charge is -2.04. The van der Waals surface area contributed by atoms with Crippen molar-refractivity contribution in [2.45, 2.75) is 20.3 Å². The molecule has 0 aliphatic heterocycles. The van der Waals surface area contributed by atoms with Crippen LogP contribution in [0.1, 0.15) is 18.1 Å². The average Bonchev–Trinajstić information content (AvgIpc) is 2.17. The summed E-state index contributed by atoms with van der Waals surface area (Å²) in [6.07, 6.45) is 3.08. The summed E-state index contributed by atoms with van der Waals surface area (Å²) in [7, 11) is 0. The summed E-state index contributed by atoms with van der Waals surface area (Å²) in [6, 6.07) is 8.60. The topological polar surface area (TPSA) is 26.0 Å². The summed E-state index contributed by atoms with van der Waals surface area (Å²) in [4.78, 5) is 0. The smallest absolute Gasteiger partial charge is 0.0140 e. The number of allylic oxidation sites excluding steroid dienone is 1. The van der Waals surface area contributed by atoms with Crippen LogP contribution in [0.5, 0.6) is 0 Å². The molecule has 13 heavy (non-hydrogen) atoms. The van der Waals surface area contributed by atoms with Crippen molar-refractivity contribution in [3.8, 4) is 0 Å². The van der Waals surface area contributed by atoms with Gasteiger partial charge in [0.15, 0.2) is 0 Å². The van der Waals surface area contributed by atoms with E-state index in [9.17, 15) is 0 Å². The van der Waals surface area contributed by atoms with Gasteiger partial charge in [-0.15, -0.1) is 0 Å². The molecule has 1 heteroatoms. The first-order valence-electron chi connectivity index (χ1n) is 4.66. The van der Waals surface area contributed by atoms with Gasteiger partial charge in [0.1, 0.15) is 0 Å². The Balaban J connectivity index is 2.69. The summed E-state index contributed by atoms with van der Waals surface area (Å²) in [6.45, 7) is 4.80. The fourth-order valence-electron chi connectivity index (χ4n) is 1.26. The molecule has 1 nitrogen and oxygen atoms in total. The van der Waals surface area contributed by atoms with Crippen LogP contribution in [-0.4, -0.2) is 6.54 Å². The zero-order chi connectivity index (χ0) is 9.68. The second-order valence-corrected chi connectivity index (χ2v) is 3.31. The van der Waals surface area contributed by atoms with Crippen LogP contribution in [-0.2, 0) is 6.42 Å². The second kappa shape index (κ2) is 4.83. The molecular formula is C12H17N. The average molecular weight is 175 g/mol. The molecule has 1 rings (SSSR count). The van der Waals surface area contributed by atoms with E-state index in [1.54, 1.807) is 0 Å². The third-order valence-corrected chi connectivity index (χ3v) is 2.22. The lowest BCUT2D eigenvalue weighted by molar-refractivity contribution is 1.03. The third kappa shape index (κ3) is 3.03. The maximum absolute atomic E-state index is 5.59. The summed E-state index contributed by atoms with van der Waals surface area (Å²) < 4.78 is 0. The number of hydrogen-bond donors (Lipinski definition) is 1. The zero-order valence-corrected chi connectivity index (χ0v) is 8.38. The van der Waals surface area contributed by atoms with Crippen molar-refractivity contribution >= 4 is 0 Å². The van der Waals surface area contributed by atoms with E-state index in [4.69, 9.17) is 5.73 Å². The van der Waals surface area contributed by atoms with Crippen LogP contribution < -0.4 is 5.73 Å². The Hall–Kier alpha value is -1.08. The number of nitrogens with two attached hydrogens (primary N) is 1. The molecule has 0 atom stereocenters. The Bertz CT molecular complexity index is 282. The summed E-state index contributed by atoms with van der Waals surface area (Å²) in [5, 5.41) is 0. The van der Waals surface area contributed by atoms with Gasteiger partial charge < -0.3 is 5.73 Å². The first-order valence-corrected chi connectivity index (χ1v) is 4.66. The minimum absolute atomic E-state index is 0.657. The van der Waals surface area contributed by atoms with Crippen LogP contribution in [0.25, 0.3) is 0 Å². The maximum Gasteiger partial charge on any atom is 0.0140 e. The monoisotopic (exact) mass is 175 g/mol. The van der Waals surface area contributed by atoms with E-state index >= 15 is 0 Å². The molecule has 0 heterocycles. The van der Waals surface area contributed by atoms with Gasteiger partial charge in [-0.2, -0.15) is 0 Å². The Morgan fingerprint density at radius 3 is 2.38 bits per heavy atom. The Morgan fingerprint density at radius 2 is 1.92 bits per heavy atom. The lowest BCUT2D eigenvalue weighted by atomic mass is 10.0. The standard InChI is InChI=1S/C12H17N/c1-3-11(9-13)8-12-6-4-10(2)5-7-12/h3-7H,8-9,13H2,1-2H3/b11-3-. The van der Waals surface area contributed by atoms with Crippen LogP contribution >= 0.6 is 0 Å². The molecule has 0 bridgehead atoms. The van der Waals surface area contributed by atoms with Crippen molar-refractivity contribution in [2.24, 2.45) is 5.73 Å². The molecule has 0 saturated carbocycles. The van der Waals surface area contributed by atoms with Gasteiger partial charge in [0.25, 0.3) is 0 Å². The Labute approximate surface area is 80.3 Å². The molecule has 0 radical (unpaired) electrons. The van der Waals surface area contributed by atoms with Crippen LogP contribution in [0.2, 0.25) is 0 Å². The first-order chi connectivity index (χ1) is 6.26. The normalized spacial score (nSPS) is 11.8. The molecular weight excluding hydrogens is 158 g/mol. The highest BCUT2D eigenvalue weighted by Gasteiger charge is 1.95. The fourth-order valence-corrected chi connectivity index (χ4v) is 1.26. The van der Waals surface area contributed by atoms with E-state index in [1.165, 1.54) is 16.7 Å². The minimum atomic E-state index is 0.657. The molecule has 0 spiro atoms. The first kappa shape index (κ1) is 10.0. The molecule has 2 N–H and O–H groups in total. The van der Waals surface area contributed by atoms with Crippen molar-refractivity contribution < 1.29 is 0 Å². The van der Waals surface area contributed by atoms with E-state index in [-0.39, 0.29) is 0 Å². The summed E-state index contributed by atoms with van der Waals surface area (Å²) in [5.74, 6) is 0. The van der Waals surface area contributed by atoms with Gasteiger partial charge in [-0.25, -0.2) is 0 Å². The zero-order valence-electron chi connectivity index (χ0n) is 8.38. The van der Waals surface area contributed by atoms with Crippen LogP contribution in [0.4, 0.5) is 0 Å². The molecule has 1 aromatic rings. The Kier molecular flexibility index (Phi) is 3.71. The van der Waals surface area contributed by atoms with E-state index in [2.05, 4.69) is 37.3 Å². The van der Waals surface area contributed by atoms with Crippen molar-refractivity contribution in [1.82, 2.24) is 0 Å². The highest BCUT2D eigenvalue weighted by molar-refractivity contribution is 5.25. The third-order valence-electron chi connectivity index (χ3n) is 2.22. The number of hydrogen-bond acceptors (Lipinski definition) is 1. The SMILES string of the molecule is C/C=C(\CN)Cc1ccc(C)cc1. The van der Waals surface area contributed by atoms with Gasteiger partial charge in [0.05, 0.1) is 0 Å². The minimum Gasteiger partial charge on any atom is -0.327 e. The predicted octanol–water partition coefficient (Wildman–Crippen LogP) is 2.44. The number of rotatable bonds is 3. The van der Waals surface area contributed by atoms with Crippen molar-refractivity contribution in [1.29, 1.82) is 0 Å². The predicted molar refractivity (Wildman–Crippen MR) is 57.7 cm³/mol. The molecule has 0 aromatic heterocycles. The van der Waals surface area contributed by atoms with Crippen molar-refractivity contribution in [3.63, 3.8) is 0 Å². The molecule has 0 aliphatic carbocycles. The van der Waals surface area contributed by atoms with E-state index in [0.29, 0.717) is 6.54 Å². The van der Waals surface area contributed by atoms with Crippen molar-refractivity contribution in [3.05, 3.63) is 47.0 Å². The molecule has 0 aliphatic rings. The summed E-state index contributed by atoms with van der Waals surface area (Å²) >= 11 is 0.